The van der Waals surface area contributed by atoms with Crippen LogP contribution < -0.4 is 9.62 Å². The van der Waals surface area contributed by atoms with E-state index in [1.165, 1.54) is 18.9 Å². The highest BCUT2D eigenvalue weighted by Crippen LogP contribution is 2.36. The summed E-state index contributed by atoms with van der Waals surface area (Å²) in [6.07, 6.45) is 14.2. The lowest BCUT2D eigenvalue weighted by atomic mass is 9.82. The van der Waals surface area contributed by atoms with Crippen molar-refractivity contribution in [3.63, 3.8) is 0 Å². The Labute approximate surface area is 253 Å². The third-order valence-electron chi connectivity index (χ3n) is 8.15. The Kier molecular flexibility index (Phi) is 16.9. The molecule has 41 heavy (non-hydrogen) atoms. The SMILES string of the molecule is CC.CCCC.CCCCc1ccnc(N2C(C)CC(NSC)C2COC2CCC(c3cccc(F)c3)CC2)c1F. The summed E-state index contributed by atoms with van der Waals surface area (Å²) in [6.45, 7) is 13.2. The minimum atomic E-state index is -0.182. The number of aryl methyl sites for hydroxylation is 1. The second kappa shape index (κ2) is 19.5. The maximum atomic E-state index is 15.5. The van der Waals surface area contributed by atoms with Crippen LogP contribution in [-0.2, 0) is 11.2 Å². The molecule has 7 heteroatoms. The number of rotatable bonds is 11. The molecule has 3 unspecified atom stereocenters. The molecule has 1 aliphatic heterocycles. The molecule has 4 nitrogen and oxygen atoms in total. The van der Waals surface area contributed by atoms with E-state index in [2.05, 4.69) is 42.3 Å². The fourth-order valence-electron chi connectivity index (χ4n) is 5.77. The Balaban J connectivity index is 0.000000902. The molecule has 2 aromatic rings. The van der Waals surface area contributed by atoms with Crippen molar-refractivity contribution in [1.29, 1.82) is 0 Å². The molecule has 2 fully saturated rings. The van der Waals surface area contributed by atoms with Gasteiger partial charge in [-0.2, -0.15) is 0 Å². The molecule has 4 rings (SSSR count). The fourth-order valence-corrected chi connectivity index (χ4v) is 6.32. The first-order valence-corrected chi connectivity index (χ1v) is 17.2. The quantitative estimate of drug-likeness (QED) is 0.263. The Morgan fingerprint density at radius 1 is 1.02 bits per heavy atom. The molecular formula is C34H55F2N3OS. The fraction of sp³-hybridized carbons (Fsp3) is 0.676. The molecule has 1 saturated heterocycles. The van der Waals surface area contributed by atoms with Crippen molar-refractivity contribution in [2.24, 2.45) is 0 Å². The zero-order valence-electron chi connectivity index (χ0n) is 26.6. The van der Waals surface area contributed by atoms with Gasteiger partial charge < -0.3 is 9.64 Å². The van der Waals surface area contributed by atoms with Gasteiger partial charge in [0.25, 0.3) is 0 Å². The van der Waals surface area contributed by atoms with Gasteiger partial charge in [0.1, 0.15) is 5.82 Å². The summed E-state index contributed by atoms with van der Waals surface area (Å²) in [7, 11) is 0. The van der Waals surface area contributed by atoms with Crippen LogP contribution in [0.5, 0.6) is 0 Å². The first-order chi connectivity index (χ1) is 19.9. The Bertz CT molecular complexity index is 984. The Morgan fingerprint density at radius 3 is 2.34 bits per heavy atom. The number of nitrogens with one attached hydrogen (secondary N) is 1. The van der Waals surface area contributed by atoms with Gasteiger partial charge in [-0.25, -0.2) is 13.8 Å². The lowest BCUT2D eigenvalue weighted by Crippen LogP contribution is -2.46. The highest BCUT2D eigenvalue weighted by Gasteiger charge is 2.41. The molecule has 0 spiro atoms. The van der Waals surface area contributed by atoms with Gasteiger partial charge in [0, 0.05) is 18.3 Å². The zero-order valence-corrected chi connectivity index (χ0v) is 27.4. The molecule has 0 bridgehead atoms. The molecule has 1 aliphatic carbocycles. The molecule has 1 aromatic heterocycles. The van der Waals surface area contributed by atoms with E-state index in [0.717, 1.165) is 62.5 Å². The van der Waals surface area contributed by atoms with Crippen molar-refractivity contribution in [1.82, 2.24) is 9.71 Å². The second-order valence-electron chi connectivity index (χ2n) is 11.1. The van der Waals surface area contributed by atoms with E-state index < -0.39 is 0 Å². The van der Waals surface area contributed by atoms with Crippen LogP contribution in [0.2, 0.25) is 0 Å². The van der Waals surface area contributed by atoms with Crippen LogP contribution in [0.1, 0.15) is 116 Å². The maximum Gasteiger partial charge on any atom is 0.168 e. The van der Waals surface area contributed by atoms with Gasteiger partial charge in [0.05, 0.1) is 18.8 Å². The van der Waals surface area contributed by atoms with Gasteiger partial charge in [0.2, 0.25) is 0 Å². The predicted molar refractivity (Wildman–Crippen MR) is 173 cm³/mol. The number of unbranched alkanes of at least 4 members (excludes halogenated alkanes) is 2. The molecule has 3 atom stereocenters. The minimum absolute atomic E-state index is 0.0156. The van der Waals surface area contributed by atoms with Crippen LogP contribution >= 0.6 is 11.9 Å². The monoisotopic (exact) mass is 591 g/mol. The summed E-state index contributed by atoms with van der Waals surface area (Å²) in [5, 5.41) is 0. The second-order valence-corrected chi connectivity index (χ2v) is 11.7. The van der Waals surface area contributed by atoms with Crippen molar-refractivity contribution in [3.05, 3.63) is 59.3 Å². The molecule has 1 aromatic carbocycles. The number of anilines is 1. The van der Waals surface area contributed by atoms with Gasteiger partial charge in [0.15, 0.2) is 11.6 Å². The topological polar surface area (TPSA) is 37.4 Å². The molecule has 2 aliphatic rings. The van der Waals surface area contributed by atoms with Crippen molar-refractivity contribution in [3.8, 4) is 0 Å². The summed E-state index contributed by atoms with van der Waals surface area (Å²) >= 11 is 1.60. The highest BCUT2D eigenvalue weighted by molar-refractivity contribution is 7.96. The molecular weight excluding hydrogens is 536 g/mol. The molecule has 0 amide bonds. The Hall–Kier alpha value is -1.70. The number of benzene rings is 1. The average molecular weight is 592 g/mol. The molecule has 1 saturated carbocycles. The van der Waals surface area contributed by atoms with Crippen LogP contribution in [0.3, 0.4) is 0 Å². The normalized spacial score (nSPS) is 23.8. The smallest absolute Gasteiger partial charge is 0.168 e. The van der Waals surface area contributed by atoms with Crippen molar-refractivity contribution >= 4 is 17.8 Å². The van der Waals surface area contributed by atoms with Crippen LogP contribution in [0.4, 0.5) is 14.6 Å². The number of hydrogen-bond donors (Lipinski definition) is 1. The lowest BCUT2D eigenvalue weighted by molar-refractivity contribution is 0.0154. The average Bonchev–Trinajstić information content (AvgIpc) is 3.31. The van der Waals surface area contributed by atoms with Crippen molar-refractivity contribution in [2.75, 3.05) is 17.8 Å². The van der Waals surface area contributed by atoms with Crippen molar-refractivity contribution < 1.29 is 13.5 Å². The number of ether oxygens (including phenoxy) is 1. The minimum Gasteiger partial charge on any atom is -0.376 e. The van der Waals surface area contributed by atoms with Crippen LogP contribution in [0, 0.1) is 11.6 Å². The largest absolute Gasteiger partial charge is 0.376 e. The van der Waals surface area contributed by atoms with Gasteiger partial charge in [-0.3, -0.25) is 4.72 Å². The van der Waals surface area contributed by atoms with Gasteiger partial charge in [-0.05, 0) is 93.4 Å². The summed E-state index contributed by atoms with van der Waals surface area (Å²) < 4.78 is 39.2. The third-order valence-corrected chi connectivity index (χ3v) is 8.69. The predicted octanol–water partition coefficient (Wildman–Crippen LogP) is 9.48. The van der Waals surface area contributed by atoms with E-state index in [1.54, 1.807) is 30.3 Å². The van der Waals surface area contributed by atoms with Crippen molar-refractivity contribution in [2.45, 2.75) is 136 Å². The van der Waals surface area contributed by atoms with E-state index in [1.807, 2.05) is 32.2 Å². The number of hydrogen-bond acceptors (Lipinski definition) is 5. The molecule has 0 radical (unpaired) electrons. The summed E-state index contributed by atoms with van der Waals surface area (Å²) in [5.74, 6) is 0.505. The van der Waals surface area contributed by atoms with Crippen LogP contribution in [-0.4, -0.2) is 42.1 Å². The number of nitrogens with zero attached hydrogens (tertiary/aromatic N) is 2. The summed E-state index contributed by atoms with van der Waals surface area (Å²) in [5.41, 5.74) is 1.84. The number of aromatic nitrogens is 1. The molecule has 232 valence electrons. The zero-order chi connectivity index (χ0) is 30.2. The first kappa shape index (κ1) is 35.5. The summed E-state index contributed by atoms with van der Waals surface area (Å²) in [6, 6.07) is 9.19. The lowest BCUT2D eigenvalue weighted by Gasteiger charge is -2.34. The van der Waals surface area contributed by atoms with E-state index >= 15 is 4.39 Å². The summed E-state index contributed by atoms with van der Waals surface area (Å²) in [4.78, 5) is 6.65. The molecule has 2 heterocycles. The van der Waals surface area contributed by atoms with E-state index in [-0.39, 0.29) is 35.9 Å². The number of halogens is 2. The molecule has 1 N–H and O–H groups in total. The van der Waals surface area contributed by atoms with Gasteiger partial charge in [-0.15, -0.1) is 0 Å². The van der Waals surface area contributed by atoms with Gasteiger partial charge in [-0.1, -0.05) is 78.0 Å². The standard InChI is InChI=1S/C28H39F2N3OS.C4H10.C2H6/c1-4-5-7-21-14-15-31-28(27(21)30)33-19(2)16-25(32-35-3)26(33)18-34-24-12-10-20(11-13-24)22-8-6-9-23(29)17-22;1-3-4-2;1-2/h6,8-9,14-15,17,19-20,24-26,32H,4-5,7,10-13,16,18H2,1-3H3;3-4H2,1-2H3;1-2H3. The van der Waals surface area contributed by atoms with E-state index in [4.69, 9.17) is 4.74 Å². The maximum absolute atomic E-state index is 15.5. The first-order valence-electron chi connectivity index (χ1n) is 16.0. The van der Waals surface area contributed by atoms with Crippen LogP contribution in [0.15, 0.2) is 36.5 Å². The third kappa shape index (κ3) is 10.5. The van der Waals surface area contributed by atoms with E-state index in [0.29, 0.717) is 18.3 Å². The van der Waals surface area contributed by atoms with E-state index in [9.17, 15) is 4.39 Å². The Morgan fingerprint density at radius 2 is 1.73 bits per heavy atom. The van der Waals surface area contributed by atoms with Gasteiger partial charge >= 0.3 is 0 Å². The van der Waals surface area contributed by atoms with Crippen LogP contribution in [0.25, 0.3) is 0 Å². The number of pyridine rings is 1. The highest BCUT2D eigenvalue weighted by atomic mass is 32.2.